The van der Waals surface area contributed by atoms with Gasteiger partial charge in [0.2, 0.25) is 0 Å². The molecule has 36 heavy (non-hydrogen) atoms. The van der Waals surface area contributed by atoms with Crippen molar-refractivity contribution in [2.45, 2.75) is 118 Å². The molecule has 0 spiro atoms. The van der Waals surface area contributed by atoms with E-state index in [1.807, 2.05) is 22.7 Å². The fourth-order valence-corrected chi connectivity index (χ4v) is 9.28. The molecule has 0 atom stereocenters. The minimum Gasteiger partial charge on any atom is -0.222 e. The Hall–Kier alpha value is -1.08. The lowest BCUT2D eigenvalue weighted by Crippen LogP contribution is -1.87. The van der Waals surface area contributed by atoms with E-state index < -0.39 is 0 Å². The van der Waals surface area contributed by atoms with Crippen LogP contribution in [0.15, 0.2) is 12.1 Å². The second-order valence-corrected chi connectivity index (χ2v) is 14.6. The molecule has 196 valence electrons. The monoisotopic (exact) mass is 558 g/mol. The molecule has 0 aliphatic rings. The van der Waals surface area contributed by atoms with Crippen molar-refractivity contribution in [3.63, 3.8) is 0 Å². The number of thiazole rings is 2. The highest BCUT2D eigenvalue weighted by Gasteiger charge is 2.19. The SMILES string of the molecule is CCCCCCCCc1cc(C)sc1-c1nc2sc(-c3sc(C)cc3CCCCCCCC)nc2s1. The summed E-state index contributed by atoms with van der Waals surface area (Å²) in [6, 6.07) is 4.78. The first-order valence-corrected chi connectivity index (χ1v) is 17.3. The fourth-order valence-electron chi connectivity index (χ4n) is 4.89. The van der Waals surface area contributed by atoms with Gasteiger partial charge in [-0.1, -0.05) is 101 Å². The molecule has 0 unspecified atom stereocenters. The molecule has 6 heteroatoms. The molecule has 2 nitrogen and oxygen atoms in total. The maximum Gasteiger partial charge on any atom is 0.155 e. The van der Waals surface area contributed by atoms with Gasteiger partial charge in [-0.15, -0.1) is 22.7 Å². The number of thiophene rings is 2. The number of aryl methyl sites for hydroxylation is 4. The Morgan fingerprint density at radius 3 is 1.33 bits per heavy atom. The lowest BCUT2D eigenvalue weighted by atomic mass is 10.1. The largest absolute Gasteiger partial charge is 0.222 e. The van der Waals surface area contributed by atoms with E-state index in [4.69, 9.17) is 9.97 Å². The molecule has 4 aromatic rings. The molecule has 0 aromatic carbocycles. The molecule has 0 saturated heterocycles. The van der Waals surface area contributed by atoms with Crippen LogP contribution < -0.4 is 0 Å². The molecule has 0 saturated carbocycles. The Kier molecular flexibility index (Phi) is 11.0. The van der Waals surface area contributed by atoms with E-state index in [1.54, 1.807) is 22.7 Å². The minimum absolute atomic E-state index is 1.11. The highest BCUT2D eigenvalue weighted by atomic mass is 32.1. The molecule has 0 amide bonds. The van der Waals surface area contributed by atoms with Crippen molar-refractivity contribution in [3.8, 4) is 19.8 Å². The van der Waals surface area contributed by atoms with Crippen molar-refractivity contribution in [2.75, 3.05) is 0 Å². The predicted molar refractivity (Wildman–Crippen MR) is 166 cm³/mol. The highest BCUT2D eigenvalue weighted by Crippen LogP contribution is 2.43. The maximum absolute atomic E-state index is 5.10. The number of rotatable bonds is 16. The molecular formula is C30H42N2S4. The van der Waals surface area contributed by atoms with E-state index in [1.165, 1.54) is 131 Å². The number of hydrogen-bond acceptors (Lipinski definition) is 6. The van der Waals surface area contributed by atoms with E-state index in [-0.39, 0.29) is 0 Å². The Labute approximate surface area is 234 Å². The first-order valence-electron chi connectivity index (χ1n) is 14.1. The van der Waals surface area contributed by atoms with E-state index in [0.717, 1.165) is 9.66 Å². The van der Waals surface area contributed by atoms with Gasteiger partial charge in [0.25, 0.3) is 0 Å². The van der Waals surface area contributed by atoms with Crippen LogP contribution in [0, 0.1) is 13.8 Å². The molecule has 4 rings (SSSR count). The van der Waals surface area contributed by atoms with Crippen LogP contribution >= 0.6 is 45.3 Å². The zero-order chi connectivity index (χ0) is 25.3. The second kappa shape index (κ2) is 14.2. The number of aromatic nitrogens is 2. The number of nitrogens with zero attached hydrogens (tertiary/aromatic N) is 2. The van der Waals surface area contributed by atoms with Gasteiger partial charge in [-0.25, -0.2) is 9.97 Å². The van der Waals surface area contributed by atoms with Crippen LogP contribution in [0.3, 0.4) is 0 Å². The van der Waals surface area contributed by atoms with Crippen LogP contribution in [0.2, 0.25) is 0 Å². The van der Waals surface area contributed by atoms with Gasteiger partial charge in [0.1, 0.15) is 10.0 Å². The molecular weight excluding hydrogens is 517 g/mol. The zero-order valence-corrected chi connectivity index (χ0v) is 25.8. The summed E-state index contributed by atoms with van der Waals surface area (Å²) >= 11 is 7.39. The molecule has 0 aliphatic carbocycles. The maximum atomic E-state index is 5.10. The van der Waals surface area contributed by atoms with Gasteiger partial charge in [0.05, 0.1) is 9.75 Å². The summed E-state index contributed by atoms with van der Waals surface area (Å²) in [7, 11) is 0. The van der Waals surface area contributed by atoms with Gasteiger partial charge in [-0.05, 0) is 62.8 Å². The number of unbranched alkanes of at least 4 members (excludes halogenated alkanes) is 10. The summed E-state index contributed by atoms with van der Waals surface area (Å²) in [6.45, 7) is 9.03. The van der Waals surface area contributed by atoms with Crippen LogP contribution in [0.1, 0.15) is 112 Å². The molecule has 0 N–H and O–H groups in total. The van der Waals surface area contributed by atoms with E-state index in [0.29, 0.717) is 0 Å². The summed E-state index contributed by atoms with van der Waals surface area (Å²) < 4.78 is 0. The molecule has 0 radical (unpaired) electrons. The minimum atomic E-state index is 1.11. The highest BCUT2D eigenvalue weighted by molar-refractivity contribution is 7.32. The number of fused-ring (bicyclic) bond motifs is 1. The van der Waals surface area contributed by atoms with E-state index >= 15 is 0 Å². The van der Waals surface area contributed by atoms with Gasteiger partial charge in [0, 0.05) is 9.75 Å². The van der Waals surface area contributed by atoms with Crippen molar-refractivity contribution in [2.24, 2.45) is 0 Å². The summed E-state index contributed by atoms with van der Waals surface area (Å²) in [4.78, 5) is 18.0. The second-order valence-electron chi connectivity index (χ2n) is 10.1. The molecule has 4 heterocycles. The Balaban J connectivity index is 1.43. The van der Waals surface area contributed by atoms with E-state index in [9.17, 15) is 0 Å². The summed E-state index contributed by atoms with van der Waals surface area (Å²) in [6.07, 6.45) is 18.5. The van der Waals surface area contributed by atoms with Crippen LogP contribution in [0.25, 0.3) is 29.4 Å². The normalized spacial score (nSPS) is 11.8. The number of hydrogen-bond donors (Lipinski definition) is 0. The topological polar surface area (TPSA) is 25.8 Å². The standard InChI is InChI=1S/C30H42N2S4/c1-5-7-9-11-13-15-17-23-19-21(3)33-25(23)27-31-29-30(35-27)32-28(36-29)26-24(20-22(4)34-26)18-16-14-12-10-8-6-2/h19-20H,5-18H2,1-4H3. The Bertz CT molecular complexity index is 1090. The molecule has 0 fully saturated rings. The smallest absolute Gasteiger partial charge is 0.155 e. The summed E-state index contributed by atoms with van der Waals surface area (Å²) in [5.74, 6) is 0. The Morgan fingerprint density at radius 2 is 0.917 bits per heavy atom. The third kappa shape index (κ3) is 7.49. The quantitative estimate of drug-likeness (QED) is 0.128. The summed E-state index contributed by atoms with van der Waals surface area (Å²) in [5, 5.41) is 2.34. The van der Waals surface area contributed by atoms with Crippen LogP contribution in [-0.2, 0) is 12.8 Å². The van der Waals surface area contributed by atoms with Crippen LogP contribution in [0.5, 0.6) is 0 Å². The van der Waals surface area contributed by atoms with Gasteiger partial charge in [0.15, 0.2) is 9.66 Å². The van der Waals surface area contributed by atoms with Crippen LogP contribution in [-0.4, -0.2) is 9.97 Å². The average molecular weight is 559 g/mol. The van der Waals surface area contributed by atoms with Gasteiger partial charge in [-0.3, -0.25) is 0 Å². The van der Waals surface area contributed by atoms with Crippen molar-refractivity contribution in [1.82, 2.24) is 9.97 Å². The van der Waals surface area contributed by atoms with Gasteiger partial charge < -0.3 is 0 Å². The third-order valence-corrected chi connectivity index (χ3v) is 11.3. The first kappa shape index (κ1) is 27.9. The third-order valence-electron chi connectivity index (χ3n) is 6.83. The predicted octanol–water partition coefficient (Wildman–Crippen LogP) is 11.6. The van der Waals surface area contributed by atoms with E-state index in [2.05, 4.69) is 39.8 Å². The van der Waals surface area contributed by atoms with Crippen molar-refractivity contribution in [3.05, 3.63) is 33.0 Å². The zero-order valence-electron chi connectivity index (χ0n) is 22.6. The molecule has 0 aliphatic heterocycles. The van der Waals surface area contributed by atoms with Crippen molar-refractivity contribution < 1.29 is 0 Å². The Morgan fingerprint density at radius 1 is 0.528 bits per heavy atom. The van der Waals surface area contributed by atoms with Crippen molar-refractivity contribution in [1.29, 1.82) is 0 Å². The average Bonchev–Trinajstić information content (AvgIpc) is 3.60. The fraction of sp³-hybridized carbons (Fsp3) is 0.600. The molecule has 0 bridgehead atoms. The van der Waals surface area contributed by atoms with Gasteiger partial charge >= 0.3 is 0 Å². The molecule has 4 aromatic heterocycles. The lowest BCUT2D eigenvalue weighted by molar-refractivity contribution is 0.608. The van der Waals surface area contributed by atoms with Crippen molar-refractivity contribution >= 4 is 55.0 Å². The summed E-state index contributed by atoms with van der Waals surface area (Å²) in [5.41, 5.74) is 2.98. The first-order chi connectivity index (χ1) is 17.6. The lowest BCUT2D eigenvalue weighted by Gasteiger charge is -2.03. The van der Waals surface area contributed by atoms with Gasteiger partial charge in [-0.2, -0.15) is 0 Å². The van der Waals surface area contributed by atoms with Crippen LogP contribution in [0.4, 0.5) is 0 Å².